The molecular formula is C27H20ClFN2O2S. The lowest BCUT2D eigenvalue weighted by molar-refractivity contribution is -0.130. The maximum Gasteiger partial charge on any atom is 0.250 e. The van der Waals surface area contributed by atoms with E-state index in [1.165, 1.54) is 12.1 Å². The van der Waals surface area contributed by atoms with Crippen molar-refractivity contribution in [2.75, 3.05) is 16.9 Å². The Bertz CT molecular complexity index is 1400. The Morgan fingerprint density at radius 2 is 1.85 bits per heavy atom. The van der Waals surface area contributed by atoms with Gasteiger partial charge in [0, 0.05) is 45.4 Å². The number of thioether (sulfide) groups is 1. The van der Waals surface area contributed by atoms with Crippen molar-refractivity contribution in [1.82, 2.24) is 4.90 Å². The molecule has 0 saturated carbocycles. The summed E-state index contributed by atoms with van der Waals surface area (Å²) in [5, 5.41) is 3.62. The first-order chi connectivity index (χ1) is 16.5. The minimum absolute atomic E-state index is 0.0141. The number of carbonyl (C=O) groups is 2. The fraction of sp³-hybridized carbons (Fsp3) is 0.259. The molecule has 170 valence electrons. The number of nitrogens with zero attached hydrogens (tertiary/aromatic N) is 1. The number of anilines is 1. The van der Waals surface area contributed by atoms with E-state index in [0.717, 1.165) is 22.4 Å². The van der Waals surface area contributed by atoms with Crippen LogP contribution >= 0.6 is 23.4 Å². The number of ketones is 1. The van der Waals surface area contributed by atoms with Crippen molar-refractivity contribution in [2.24, 2.45) is 5.41 Å². The van der Waals surface area contributed by atoms with Crippen LogP contribution in [0.1, 0.15) is 33.0 Å². The van der Waals surface area contributed by atoms with Gasteiger partial charge in [-0.1, -0.05) is 48.0 Å². The largest absolute Gasteiger partial charge is 0.324 e. The van der Waals surface area contributed by atoms with Crippen LogP contribution in [0.15, 0.2) is 66.7 Å². The lowest BCUT2D eigenvalue weighted by Crippen LogP contribution is -2.58. The lowest BCUT2D eigenvalue weighted by Gasteiger charge is -2.44. The minimum atomic E-state index is -1.20. The molecule has 1 amide bonds. The molecule has 4 aliphatic rings. The molecule has 4 atom stereocenters. The number of Topliss-reactive ketones (excluding diaryl/α,β-unsaturated/α-hetero) is 1. The van der Waals surface area contributed by atoms with Crippen LogP contribution in [0.2, 0.25) is 5.02 Å². The highest BCUT2D eigenvalue weighted by molar-refractivity contribution is 7.99. The molecule has 2 fully saturated rings. The second kappa shape index (κ2) is 6.94. The Morgan fingerprint density at radius 1 is 1.06 bits per heavy atom. The van der Waals surface area contributed by atoms with E-state index in [2.05, 4.69) is 10.2 Å². The van der Waals surface area contributed by atoms with Crippen LogP contribution in [-0.2, 0) is 16.8 Å². The molecule has 4 nitrogen and oxygen atoms in total. The summed E-state index contributed by atoms with van der Waals surface area (Å²) in [6.07, 6.45) is 0.446. The molecule has 1 N–H and O–H groups in total. The third-order valence-electron chi connectivity index (χ3n) is 8.23. The van der Waals surface area contributed by atoms with E-state index in [1.807, 2.05) is 36.4 Å². The van der Waals surface area contributed by atoms with Crippen LogP contribution in [0, 0.1) is 11.2 Å². The molecule has 1 aliphatic carbocycles. The zero-order valence-corrected chi connectivity index (χ0v) is 19.6. The molecule has 3 aromatic rings. The second-order valence-corrected chi connectivity index (χ2v) is 11.0. The molecule has 7 rings (SSSR count). The molecule has 3 heterocycles. The molecular weight excluding hydrogens is 471 g/mol. The van der Waals surface area contributed by atoms with Gasteiger partial charge in [0.15, 0.2) is 5.78 Å². The average molecular weight is 491 g/mol. The minimum Gasteiger partial charge on any atom is -0.324 e. The number of nitrogens with one attached hydrogen (secondary N) is 1. The molecule has 2 spiro atoms. The number of hydrogen-bond donors (Lipinski definition) is 1. The summed E-state index contributed by atoms with van der Waals surface area (Å²) in [6.45, 7) is 0. The third-order valence-corrected chi connectivity index (χ3v) is 9.50. The molecule has 7 heteroatoms. The molecule has 0 aromatic heterocycles. The fourth-order valence-corrected chi connectivity index (χ4v) is 8.59. The Labute approximate surface area is 205 Å². The second-order valence-electron chi connectivity index (χ2n) is 9.56. The van der Waals surface area contributed by atoms with Gasteiger partial charge in [0.25, 0.3) is 5.91 Å². The molecule has 0 bridgehead atoms. The molecule has 3 aromatic carbocycles. The molecule has 2 saturated heterocycles. The van der Waals surface area contributed by atoms with E-state index >= 15 is 0 Å². The van der Waals surface area contributed by atoms with E-state index < -0.39 is 11.0 Å². The normalized spacial score (nSPS) is 31.2. The number of amides is 1. The highest BCUT2D eigenvalue weighted by atomic mass is 35.5. The number of rotatable bonds is 1. The monoisotopic (exact) mass is 490 g/mol. The summed E-state index contributed by atoms with van der Waals surface area (Å²) >= 11 is 8.24. The first-order valence-corrected chi connectivity index (χ1v) is 12.9. The first-order valence-electron chi connectivity index (χ1n) is 11.3. The van der Waals surface area contributed by atoms with Crippen molar-refractivity contribution in [3.05, 3.63) is 99.8 Å². The number of halogens is 2. The summed E-state index contributed by atoms with van der Waals surface area (Å²) < 4.78 is 13.9. The zero-order valence-electron chi connectivity index (χ0n) is 18.1. The number of fused-ring (bicyclic) bond motifs is 6. The van der Waals surface area contributed by atoms with Crippen molar-refractivity contribution in [2.45, 2.75) is 23.9 Å². The lowest BCUT2D eigenvalue weighted by atomic mass is 9.58. The molecule has 0 radical (unpaired) electrons. The van der Waals surface area contributed by atoms with Gasteiger partial charge in [-0.15, -0.1) is 11.8 Å². The Morgan fingerprint density at radius 3 is 2.65 bits per heavy atom. The summed E-state index contributed by atoms with van der Waals surface area (Å²) in [6, 6.07) is 19.5. The van der Waals surface area contributed by atoms with Crippen LogP contribution in [-0.4, -0.2) is 34.3 Å². The van der Waals surface area contributed by atoms with E-state index in [1.54, 1.807) is 30.0 Å². The van der Waals surface area contributed by atoms with Gasteiger partial charge in [0.1, 0.15) is 11.4 Å². The first kappa shape index (κ1) is 20.7. The van der Waals surface area contributed by atoms with Crippen molar-refractivity contribution in [3.63, 3.8) is 0 Å². The average Bonchev–Trinajstić information content (AvgIpc) is 3.54. The van der Waals surface area contributed by atoms with Crippen LogP contribution in [0.4, 0.5) is 10.1 Å². The van der Waals surface area contributed by atoms with Crippen molar-refractivity contribution < 1.29 is 14.0 Å². The highest BCUT2D eigenvalue weighted by Gasteiger charge is 2.78. The van der Waals surface area contributed by atoms with Crippen LogP contribution in [0.25, 0.3) is 0 Å². The predicted octanol–water partition coefficient (Wildman–Crippen LogP) is 5.22. The number of benzene rings is 3. The van der Waals surface area contributed by atoms with Crippen molar-refractivity contribution >= 4 is 40.7 Å². The maximum absolute atomic E-state index is 14.6. The van der Waals surface area contributed by atoms with E-state index in [4.69, 9.17) is 11.6 Å². The van der Waals surface area contributed by atoms with Gasteiger partial charge >= 0.3 is 0 Å². The van der Waals surface area contributed by atoms with Gasteiger partial charge in [-0.3, -0.25) is 14.5 Å². The van der Waals surface area contributed by atoms with Crippen molar-refractivity contribution in [3.8, 4) is 0 Å². The quantitative estimate of drug-likeness (QED) is 0.508. The Kier molecular flexibility index (Phi) is 4.22. The third kappa shape index (κ3) is 2.29. The molecule has 34 heavy (non-hydrogen) atoms. The summed E-state index contributed by atoms with van der Waals surface area (Å²) in [7, 11) is 0. The smallest absolute Gasteiger partial charge is 0.250 e. The SMILES string of the molecule is O=C1Nc2ccc(Cl)cc2[C@]12N1CSC[C@H]1[C@H](c1ccc(F)cc1)[C@]21Cc2ccccc2C1=O. The Hall–Kier alpha value is -2.67. The zero-order chi connectivity index (χ0) is 23.2. The molecule has 0 unspecified atom stereocenters. The fourth-order valence-electron chi connectivity index (χ4n) is 7.11. The van der Waals surface area contributed by atoms with Gasteiger partial charge in [-0.2, -0.15) is 0 Å². The Balaban J connectivity index is 1.59. The number of carbonyl (C=O) groups excluding carboxylic acids is 2. The van der Waals surface area contributed by atoms with Gasteiger partial charge in [0.05, 0.1) is 5.41 Å². The van der Waals surface area contributed by atoms with E-state index in [9.17, 15) is 14.0 Å². The van der Waals surface area contributed by atoms with Crippen LogP contribution in [0.3, 0.4) is 0 Å². The number of hydrogen-bond acceptors (Lipinski definition) is 4. The van der Waals surface area contributed by atoms with Crippen LogP contribution in [0.5, 0.6) is 0 Å². The van der Waals surface area contributed by atoms with Crippen LogP contribution < -0.4 is 5.32 Å². The van der Waals surface area contributed by atoms with Crippen molar-refractivity contribution in [1.29, 1.82) is 0 Å². The summed E-state index contributed by atoms with van der Waals surface area (Å²) in [4.78, 5) is 31.0. The summed E-state index contributed by atoms with van der Waals surface area (Å²) in [5.41, 5.74) is 1.72. The van der Waals surface area contributed by atoms with Gasteiger partial charge in [-0.25, -0.2) is 4.39 Å². The standard InChI is InChI=1S/C27H20ClFN2O2S/c28-17-7-10-21-20(11-17)27(25(33)30-21)26(12-16-3-1-2-4-19(16)24(26)32)23(22-13-34-14-31(22)27)15-5-8-18(29)9-6-15/h1-11,22-23H,12-14H2,(H,30,33)/t22-,23-,26-,27-/m0/s1. The summed E-state index contributed by atoms with van der Waals surface area (Å²) in [5.74, 6) is 0.632. The highest BCUT2D eigenvalue weighted by Crippen LogP contribution is 2.70. The van der Waals surface area contributed by atoms with E-state index in [-0.39, 0.29) is 29.5 Å². The van der Waals surface area contributed by atoms with E-state index in [0.29, 0.717) is 28.6 Å². The topological polar surface area (TPSA) is 49.4 Å². The van der Waals surface area contributed by atoms with Gasteiger partial charge < -0.3 is 5.32 Å². The van der Waals surface area contributed by atoms with Gasteiger partial charge in [-0.05, 0) is 47.9 Å². The molecule has 3 aliphatic heterocycles. The predicted molar refractivity (Wildman–Crippen MR) is 131 cm³/mol. The maximum atomic E-state index is 14.6. The van der Waals surface area contributed by atoms with Gasteiger partial charge in [0.2, 0.25) is 0 Å².